The molecule has 0 heterocycles. The van der Waals surface area contributed by atoms with E-state index in [1.165, 1.54) is 83.5 Å². The predicted molar refractivity (Wildman–Crippen MR) is 94.0 cm³/mol. The van der Waals surface area contributed by atoms with Crippen LogP contribution in [0.4, 0.5) is 0 Å². The van der Waals surface area contributed by atoms with Crippen molar-refractivity contribution in [1.82, 2.24) is 0 Å². The molecule has 0 aromatic carbocycles. The molecule has 0 aliphatic heterocycles. The van der Waals surface area contributed by atoms with Crippen LogP contribution in [0.3, 0.4) is 0 Å². The van der Waals surface area contributed by atoms with Crippen molar-refractivity contribution in [2.24, 2.45) is 11.8 Å². The summed E-state index contributed by atoms with van der Waals surface area (Å²) in [6.45, 7) is 9.35. The van der Waals surface area contributed by atoms with Crippen molar-refractivity contribution in [2.75, 3.05) is 0 Å². The van der Waals surface area contributed by atoms with Gasteiger partial charge in [-0.3, -0.25) is 0 Å². The van der Waals surface area contributed by atoms with Crippen molar-refractivity contribution >= 4 is 0 Å². The molecule has 0 aliphatic rings. The van der Waals surface area contributed by atoms with E-state index in [0.29, 0.717) is 0 Å². The SMILES string of the molecule is CCCCCCCCC([CH]C(C)CCCC)CCCC. The summed E-state index contributed by atoms with van der Waals surface area (Å²) in [5, 5.41) is 0. The standard InChI is InChI=1S/C20H41/c1-5-8-11-12-13-14-17-20(16-10-7-3)18-19(4)15-9-6-2/h18-20H,5-17H2,1-4H3. The largest absolute Gasteiger partial charge is 0.0654 e. The lowest BCUT2D eigenvalue weighted by molar-refractivity contribution is 0.404. The van der Waals surface area contributed by atoms with Gasteiger partial charge < -0.3 is 0 Å². The number of hydrogen-bond donors (Lipinski definition) is 0. The summed E-state index contributed by atoms with van der Waals surface area (Å²) in [5.41, 5.74) is 0. The van der Waals surface area contributed by atoms with Crippen LogP contribution in [0, 0.1) is 18.3 Å². The van der Waals surface area contributed by atoms with Gasteiger partial charge in [-0.1, -0.05) is 111 Å². The van der Waals surface area contributed by atoms with E-state index in [1.54, 1.807) is 0 Å². The summed E-state index contributed by atoms with van der Waals surface area (Å²) in [6, 6.07) is 0. The van der Waals surface area contributed by atoms with Gasteiger partial charge in [0.05, 0.1) is 0 Å². The summed E-state index contributed by atoms with van der Waals surface area (Å²) in [5.74, 6) is 1.73. The van der Waals surface area contributed by atoms with E-state index in [1.807, 2.05) is 0 Å². The molecule has 0 amide bonds. The lowest BCUT2D eigenvalue weighted by Gasteiger charge is -2.20. The van der Waals surface area contributed by atoms with Crippen LogP contribution in [-0.4, -0.2) is 0 Å². The molecule has 1 radical (unpaired) electrons. The highest BCUT2D eigenvalue weighted by Crippen LogP contribution is 2.26. The zero-order chi connectivity index (χ0) is 15.1. The van der Waals surface area contributed by atoms with E-state index >= 15 is 0 Å². The number of hydrogen-bond acceptors (Lipinski definition) is 0. The van der Waals surface area contributed by atoms with E-state index in [9.17, 15) is 0 Å². The summed E-state index contributed by atoms with van der Waals surface area (Å²) < 4.78 is 0. The molecular weight excluding hydrogens is 240 g/mol. The molecule has 0 saturated carbocycles. The van der Waals surface area contributed by atoms with Crippen molar-refractivity contribution in [3.63, 3.8) is 0 Å². The Kier molecular flexibility index (Phi) is 15.4. The smallest absolute Gasteiger partial charge is 0.0326 e. The van der Waals surface area contributed by atoms with E-state index in [2.05, 4.69) is 34.1 Å². The third-order valence-corrected chi connectivity index (χ3v) is 4.47. The van der Waals surface area contributed by atoms with Gasteiger partial charge in [-0.05, 0) is 18.3 Å². The van der Waals surface area contributed by atoms with Crippen molar-refractivity contribution in [2.45, 2.75) is 111 Å². The van der Waals surface area contributed by atoms with Gasteiger partial charge in [0.15, 0.2) is 0 Å². The number of rotatable bonds is 15. The first-order valence-electron chi connectivity index (χ1n) is 9.59. The van der Waals surface area contributed by atoms with Crippen LogP contribution in [0.5, 0.6) is 0 Å². The lowest BCUT2D eigenvalue weighted by atomic mass is 9.85. The fraction of sp³-hybridized carbons (Fsp3) is 0.950. The van der Waals surface area contributed by atoms with Crippen molar-refractivity contribution in [1.29, 1.82) is 0 Å². The fourth-order valence-electron chi connectivity index (χ4n) is 3.08. The Labute approximate surface area is 130 Å². The maximum Gasteiger partial charge on any atom is -0.0326 e. The van der Waals surface area contributed by atoms with Crippen LogP contribution in [0.1, 0.15) is 111 Å². The first-order valence-corrected chi connectivity index (χ1v) is 9.59. The Hall–Kier alpha value is 0. The molecule has 0 aliphatic carbocycles. The Morgan fingerprint density at radius 2 is 1.10 bits per heavy atom. The third kappa shape index (κ3) is 13.0. The summed E-state index contributed by atoms with van der Waals surface area (Å²) in [7, 11) is 0. The minimum absolute atomic E-state index is 0.830. The fourth-order valence-corrected chi connectivity index (χ4v) is 3.08. The second kappa shape index (κ2) is 15.4. The Bertz CT molecular complexity index is 173. The molecule has 2 atom stereocenters. The maximum atomic E-state index is 2.69. The van der Waals surface area contributed by atoms with Gasteiger partial charge in [0.25, 0.3) is 0 Å². The van der Waals surface area contributed by atoms with Crippen LogP contribution in [0.2, 0.25) is 0 Å². The highest BCUT2D eigenvalue weighted by atomic mass is 14.2. The molecule has 0 N–H and O–H groups in total. The van der Waals surface area contributed by atoms with E-state index in [4.69, 9.17) is 0 Å². The van der Waals surface area contributed by atoms with Crippen molar-refractivity contribution in [3.05, 3.63) is 6.42 Å². The van der Waals surface area contributed by atoms with Crippen LogP contribution in [0.15, 0.2) is 0 Å². The second-order valence-electron chi connectivity index (χ2n) is 6.77. The van der Waals surface area contributed by atoms with Crippen LogP contribution in [-0.2, 0) is 0 Å². The molecule has 0 nitrogen and oxygen atoms in total. The van der Waals surface area contributed by atoms with Gasteiger partial charge >= 0.3 is 0 Å². The van der Waals surface area contributed by atoms with Crippen molar-refractivity contribution < 1.29 is 0 Å². The van der Waals surface area contributed by atoms with Crippen LogP contribution in [0.25, 0.3) is 0 Å². The molecule has 0 fully saturated rings. The maximum absolute atomic E-state index is 2.69. The van der Waals surface area contributed by atoms with Gasteiger partial charge in [-0.2, -0.15) is 0 Å². The normalized spacial score (nSPS) is 14.4. The topological polar surface area (TPSA) is 0 Å². The molecule has 121 valence electrons. The molecule has 0 saturated heterocycles. The molecule has 0 rings (SSSR count). The molecule has 20 heavy (non-hydrogen) atoms. The van der Waals surface area contributed by atoms with Crippen LogP contribution < -0.4 is 0 Å². The Morgan fingerprint density at radius 3 is 1.75 bits per heavy atom. The first kappa shape index (κ1) is 20.0. The van der Waals surface area contributed by atoms with E-state index < -0.39 is 0 Å². The average molecular weight is 282 g/mol. The molecule has 0 spiro atoms. The lowest BCUT2D eigenvalue weighted by Crippen LogP contribution is -2.08. The molecule has 0 bridgehead atoms. The quantitative estimate of drug-likeness (QED) is 0.271. The van der Waals surface area contributed by atoms with Gasteiger partial charge in [0.2, 0.25) is 0 Å². The first-order chi connectivity index (χ1) is 9.74. The van der Waals surface area contributed by atoms with Crippen LogP contribution >= 0.6 is 0 Å². The minimum Gasteiger partial charge on any atom is -0.0654 e. The summed E-state index contributed by atoms with van der Waals surface area (Å²) in [6.07, 6.45) is 21.1. The summed E-state index contributed by atoms with van der Waals surface area (Å²) >= 11 is 0. The Balaban J connectivity index is 3.77. The predicted octanol–water partition coefficient (Wildman–Crippen LogP) is 7.57. The molecule has 0 aromatic heterocycles. The molecular formula is C20H41. The average Bonchev–Trinajstić information content (AvgIpc) is 2.45. The van der Waals surface area contributed by atoms with Crippen molar-refractivity contribution in [3.8, 4) is 0 Å². The number of unbranched alkanes of at least 4 members (excludes halogenated alkanes) is 7. The molecule has 0 aromatic rings. The minimum atomic E-state index is 0.830. The highest BCUT2D eigenvalue weighted by molar-refractivity contribution is 4.81. The van der Waals surface area contributed by atoms with Gasteiger partial charge in [0, 0.05) is 0 Å². The Morgan fingerprint density at radius 1 is 0.600 bits per heavy atom. The highest BCUT2D eigenvalue weighted by Gasteiger charge is 2.13. The zero-order valence-electron chi connectivity index (χ0n) is 14.9. The van der Waals surface area contributed by atoms with Gasteiger partial charge in [0.1, 0.15) is 0 Å². The third-order valence-electron chi connectivity index (χ3n) is 4.47. The van der Waals surface area contributed by atoms with E-state index in [-0.39, 0.29) is 0 Å². The van der Waals surface area contributed by atoms with E-state index in [0.717, 1.165) is 11.8 Å². The zero-order valence-corrected chi connectivity index (χ0v) is 14.9. The molecule has 0 heteroatoms. The molecule has 2 unspecified atom stereocenters. The van der Waals surface area contributed by atoms with Gasteiger partial charge in [-0.25, -0.2) is 0 Å². The monoisotopic (exact) mass is 281 g/mol. The second-order valence-corrected chi connectivity index (χ2v) is 6.77. The van der Waals surface area contributed by atoms with Gasteiger partial charge in [-0.15, -0.1) is 0 Å². The summed E-state index contributed by atoms with van der Waals surface area (Å²) in [4.78, 5) is 0.